The van der Waals surface area contributed by atoms with E-state index in [-0.39, 0.29) is 0 Å². The van der Waals surface area contributed by atoms with E-state index in [0.29, 0.717) is 11.7 Å². The summed E-state index contributed by atoms with van der Waals surface area (Å²) in [7, 11) is 0. The summed E-state index contributed by atoms with van der Waals surface area (Å²) < 4.78 is 0. The Bertz CT molecular complexity index is 231. The van der Waals surface area contributed by atoms with Gasteiger partial charge in [0.15, 0.2) is 0 Å². The Morgan fingerprint density at radius 2 is 1.30 bits per heavy atom. The van der Waals surface area contributed by atoms with Gasteiger partial charge in [0.2, 0.25) is 11.7 Å². The van der Waals surface area contributed by atoms with Crippen LogP contribution in [0, 0.1) is 0 Å². The fourth-order valence-electron chi connectivity index (χ4n) is 0.579. The summed E-state index contributed by atoms with van der Waals surface area (Å²) >= 11 is 0. The van der Waals surface area contributed by atoms with Crippen LogP contribution in [0.2, 0.25) is 0 Å². The van der Waals surface area contributed by atoms with Crippen LogP contribution < -0.4 is 10.9 Å². The van der Waals surface area contributed by atoms with Gasteiger partial charge in [0.05, 0.1) is 0 Å². The number of amidine groups is 2. The van der Waals surface area contributed by atoms with Crippen LogP contribution in [0.3, 0.4) is 0 Å². The first-order valence-corrected chi connectivity index (χ1v) is 2.58. The molecule has 0 atom stereocenters. The van der Waals surface area contributed by atoms with Gasteiger partial charge < -0.3 is 0 Å². The van der Waals surface area contributed by atoms with E-state index in [0.717, 1.165) is 0 Å². The minimum absolute atomic E-state index is 0.414. The minimum atomic E-state index is 0.414. The van der Waals surface area contributed by atoms with Crippen molar-refractivity contribution in [2.24, 2.45) is 20.2 Å². The molecule has 0 aliphatic carbocycles. The molecule has 48 valence electrons. The first kappa shape index (κ1) is 5.10. The molecule has 2 aliphatic rings. The van der Waals surface area contributed by atoms with Crippen molar-refractivity contribution in [1.82, 2.24) is 10.9 Å². The quantitative estimate of drug-likeness (QED) is 0.436. The van der Waals surface area contributed by atoms with Crippen LogP contribution in [-0.4, -0.2) is 24.3 Å². The van der Waals surface area contributed by atoms with Gasteiger partial charge in [0, 0.05) is 0 Å². The maximum atomic E-state index is 3.77. The van der Waals surface area contributed by atoms with Gasteiger partial charge in [0.25, 0.3) is 0 Å². The van der Waals surface area contributed by atoms with Crippen LogP contribution in [-0.2, 0) is 0 Å². The van der Waals surface area contributed by atoms with E-state index in [1.54, 1.807) is 0 Å². The average molecular weight is 134 g/mol. The van der Waals surface area contributed by atoms with Crippen LogP contribution in [0.4, 0.5) is 0 Å². The zero-order chi connectivity index (χ0) is 6.81. The fraction of sp³-hybridized carbons (Fsp3) is 0. The number of hydrogen-bond donors (Lipinski definition) is 0. The maximum absolute atomic E-state index is 3.77. The van der Waals surface area contributed by atoms with E-state index in [1.165, 1.54) is 12.7 Å². The summed E-state index contributed by atoms with van der Waals surface area (Å²) in [6.07, 6.45) is 2.68. The van der Waals surface area contributed by atoms with Crippen molar-refractivity contribution < 1.29 is 0 Å². The molecular formula is C4H2N6. The van der Waals surface area contributed by atoms with Crippen molar-refractivity contribution in [2.75, 3.05) is 0 Å². The molecule has 0 aromatic heterocycles. The maximum Gasteiger partial charge on any atom is 0.223 e. The molecule has 0 spiro atoms. The second-order valence-corrected chi connectivity index (χ2v) is 1.57. The van der Waals surface area contributed by atoms with Crippen molar-refractivity contribution in [3.63, 3.8) is 0 Å². The Balaban J connectivity index is 2.26. The molecule has 2 rings (SSSR count). The molecule has 2 radical (unpaired) electrons. The zero-order valence-electron chi connectivity index (χ0n) is 4.84. The molecule has 6 nitrogen and oxygen atoms in total. The molecule has 2 heterocycles. The van der Waals surface area contributed by atoms with Crippen LogP contribution in [0.1, 0.15) is 0 Å². The summed E-state index contributed by atoms with van der Waals surface area (Å²) in [6.45, 7) is 0. The lowest BCUT2D eigenvalue weighted by Crippen LogP contribution is -2.04. The van der Waals surface area contributed by atoms with E-state index in [1.807, 2.05) is 0 Å². The summed E-state index contributed by atoms with van der Waals surface area (Å²) in [6, 6.07) is 0. The number of rotatable bonds is 1. The van der Waals surface area contributed by atoms with Crippen molar-refractivity contribution in [2.45, 2.75) is 0 Å². The Labute approximate surface area is 56.4 Å². The molecule has 0 unspecified atom stereocenters. The molecule has 0 amide bonds. The first-order valence-electron chi connectivity index (χ1n) is 2.58. The fourth-order valence-corrected chi connectivity index (χ4v) is 0.579. The molecule has 0 bridgehead atoms. The molecular weight excluding hydrogens is 132 g/mol. The molecule has 0 saturated heterocycles. The normalized spacial score (nSPS) is 20.0. The zero-order valence-corrected chi connectivity index (χ0v) is 4.84. The molecule has 0 aromatic carbocycles. The lowest BCUT2D eigenvalue weighted by molar-refractivity contribution is 1.05. The molecule has 10 heavy (non-hydrogen) atoms. The topological polar surface area (TPSA) is 77.6 Å². The van der Waals surface area contributed by atoms with Gasteiger partial charge in [-0.1, -0.05) is 0 Å². The predicted octanol–water partition coefficient (Wildman–Crippen LogP) is -1.09. The summed E-state index contributed by atoms with van der Waals surface area (Å²) in [5.74, 6) is 0.829. The molecule has 0 aromatic rings. The van der Waals surface area contributed by atoms with Gasteiger partial charge in [-0.15, -0.1) is 21.1 Å². The van der Waals surface area contributed by atoms with Crippen LogP contribution in [0.15, 0.2) is 20.2 Å². The molecule has 6 heteroatoms. The monoisotopic (exact) mass is 134 g/mol. The molecule has 0 saturated carbocycles. The Morgan fingerprint density at radius 1 is 0.800 bits per heavy atom. The summed E-state index contributed by atoms with van der Waals surface area (Å²) in [4.78, 5) is 7.54. The standard InChI is InChI=1S/C4H2N6/c1-5-3(9-7-1)4-6-2-8-10-4/h1-2H. The minimum Gasteiger partial charge on any atom is -0.210 e. The smallest absolute Gasteiger partial charge is 0.210 e. The van der Waals surface area contributed by atoms with Gasteiger partial charge in [-0.25, -0.2) is 9.98 Å². The van der Waals surface area contributed by atoms with E-state index < -0.39 is 0 Å². The highest BCUT2D eigenvalue weighted by molar-refractivity contribution is 6.44. The van der Waals surface area contributed by atoms with Gasteiger partial charge in [0.1, 0.15) is 12.7 Å². The van der Waals surface area contributed by atoms with E-state index in [9.17, 15) is 0 Å². The van der Waals surface area contributed by atoms with Crippen LogP contribution in [0.5, 0.6) is 0 Å². The highest BCUT2D eigenvalue weighted by Gasteiger charge is 2.12. The van der Waals surface area contributed by atoms with Gasteiger partial charge in [-0.2, -0.15) is 0 Å². The van der Waals surface area contributed by atoms with Crippen molar-refractivity contribution >= 4 is 24.3 Å². The number of aliphatic imine (C=N–C) groups is 2. The second-order valence-electron chi connectivity index (χ2n) is 1.57. The van der Waals surface area contributed by atoms with Crippen molar-refractivity contribution in [3.05, 3.63) is 0 Å². The van der Waals surface area contributed by atoms with Gasteiger partial charge in [-0.05, 0) is 0 Å². The second kappa shape index (κ2) is 1.90. The number of hydrogen-bond acceptors (Lipinski definition) is 4. The highest BCUT2D eigenvalue weighted by Crippen LogP contribution is 1.95. The third kappa shape index (κ3) is 0.661. The predicted molar refractivity (Wildman–Crippen MR) is 36.1 cm³/mol. The Hall–Kier alpha value is -1.72. The largest absolute Gasteiger partial charge is 0.223 e. The van der Waals surface area contributed by atoms with Gasteiger partial charge >= 0.3 is 0 Å². The third-order valence-electron chi connectivity index (χ3n) is 0.968. The lowest BCUT2D eigenvalue weighted by atomic mass is 10.5. The van der Waals surface area contributed by atoms with E-state index in [4.69, 9.17) is 0 Å². The number of nitrogens with zero attached hydrogens (tertiary/aromatic N) is 6. The van der Waals surface area contributed by atoms with Gasteiger partial charge in [-0.3, -0.25) is 0 Å². The van der Waals surface area contributed by atoms with E-state index in [2.05, 4.69) is 31.0 Å². The van der Waals surface area contributed by atoms with E-state index >= 15 is 0 Å². The highest BCUT2D eigenvalue weighted by atomic mass is 15.4. The first-order chi connectivity index (χ1) is 4.97. The van der Waals surface area contributed by atoms with Crippen LogP contribution >= 0.6 is 0 Å². The molecule has 0 N–H and O–H groups in total. The molecule has 0 fully saturated rings. The molecule has 2 aliphatic heterocycles. The summed E-state index contributed by atoms with van der Waals surface area (Å²) in [5.41, 5.74) is 7.02. The lowest BCUT2D eigenvalue weighted by Gasteiger charge is -1.84. The third-order valence-corrected chi connectivity index (χ3v) is 0.968. The Morgan fingerprint density at radius 3 is 1.60 bits per heavy atom. The van der Waals surface area contributed by atoms with Crippen molar-refractivity contribution in [1.29, 1.82) is 0 Å². The summed E-state index contributed by atoms with van der Waals surface area (Å²) in [5, 5.41) is 7.27. The average Bonchev–Trinajstić information content (AvgIpc) is 2.59. The van der Waals surface area contributed by atoms with Crippen LogP contribution in [0.25, 0.3) is 0 Å². The Kier molecular flexibility index (Phi) is 0.970. The SMILES string of the molecule is C1=NC(C2=N[N]C=N2)=N[N]1. The van der Waals surface area contributed by atoms with Crippen molar-refractivity contribution in [3.8, 4) is 0 Å².